The van der Waals surface area contributed by atoms with Gasteiger partial charge in [-0.15, -0.1) is 0 Å². The summed E-state index contributed by atoms with van der Waals surface area (Å²) in [5.41, 5.74) is 1.84. The molecule has 1 aliphatic rings. The molecule has 0 saturated heterocycles. The lowest BCUT2D eigenvalue weighted by molar-refractivity contribution is -0.144. The first-order valence-corrected chi connectivity index (χ1v) is 8.97. The summed E-state index contributed by atoms with van der Waals surface area (Å²) in [5.74, 6) is 1.33. The summed E-state index contributed by atoms with van der Waals surface area (Å²) in [5, 5.41) is 8.39. The minimum absolute atomic E-state index is 0.0635. The van der Waals surface area contributed by atoms with Crippen LogP contribution >= 0.6 is 11.6 Å². The Morgan fingerprint density at radius 2 is 2.09 bits per heavy atom. The minimum Gasteiger partial charge on any atom is -0.465 e. The van der Waals surface area contributed by atoms with E-state index < -0.39 is 0 Å². The standard InChI is InChI=1S/C17H28ClN3O2/c1-4-23-16(22)11-21-17(18)15(13(3)20-21)10-19-9-14-7-5-12(2)6-8-14/h12,14,19H,4-11H2,1-3H3. The maximum absolute atomic E-state index is 11.6. The van der Waals surface area contributed by atoms with Gasteiger partial charge >= 0.3 is 5.97 Å². The molecule has 0 atom stereocenters. The van der Waals surface area contributed by atoms with Crippen LogP contribution in [0.15, 0.2) is 0 Å². The first kappa shape index (κ1) is 18.3. The fraction of sp³-hybridized carbons (Fsp3) is 0.765. The Labute approximate surface area is 143 Å². The van der Waals surface area contributed by atoms with Crippen LogP contribution in [-0.4, -0.2) is 28.9 Å². The highest BCUT2D eigenvalue weighted by Crippen LogP contribution is 2.28. The molecule has 1 saturated carbocycles. The van der Waals surface area contributed by atoms with E-state index in [4.69, 9.17) is 16.3 Å². The molecule has 0 unspecified atom stereocenters. The zero-order chi connectivity index (χ0) is 16.8. The molecule has 1 fully saturated rings. The highest BCUT2D eigenvalue weighted by Gasteiger charge is 2.19. The summed E-state index contributed by atoms with van der Waals surface area (Å²) >= 11 is 6.37. The number of carbonyl (C=O) groups excluding carboxylic acids is 1. The van der Waals surface area contributed by atoms with Crippen molar-refractivity contribution in [3.63, 3.8) is 0 Å². The van der Waals surface area contributed by atoms with Crippen molar-refractivity contribution in [1.82, 2.24) is 15.1 Å². The monoisotopic (exact) mass is 341 g/mol. The zero-order valence-corrected chi connectivity index (χ0v) is 15.2. The van der Waals surface area contributed by atoms with Crippen LogP contribution in [0.5, 0.6) is 0 Å². The lowest BCUT2D eigenvalue weighted by Gasteiger charge is -2.26. The van der Waals surface area contributed by atoms with Crippen molar-refractivity contribution in [2.75, 3.05) is 13.2 Å². The Kier molecular flexibility index (Phi) is 6.90. The minimum atomic E-state index is -0.312. The number of rotatable bonds is 7. The molecule has 0 spiro atoms. The average Bonchev–Trinajstić information content (AvgIpc) is 2.77. The van der Waals surface area contributed by atoms with Crippen LogP contribution in [0.3, 0.4) is 0 Å². The van der Waals surface area contributed by atoms with Crippen LogP contribution in [0.25, 0.3) is 0 Å². The predicted molar refractivity (Wildman–Crippen MR) is 91.4 cm³/mol. The third-order valence-corrected chi connectivity index (χ3v) is 5.06. The van der Waals surface area contributed by atoms with E-state index in [9.17, 15) is 4.79 Å². The van der Waals surface area contributed by atoms with Gasteiger partial charge in [0, 0.05) is 12.1 Å². The van der Waals surface area contributed by atoms with Crippen molar-refractivity contribution in [1.29, 1.82) is 0 Å². The van der Waals surface area contributed by atoms with E-state index in [0.717, 1.165) is 29.6 Å². The number of halogens is 1. The molecule has 0 bridgehead atoms. The number of carbonyl (C=O) groups is 1. The van der Waals surface area contributed by atoms with E-state index in [2.05, 4.69) is 17.3 Å². The first-order valence-electron chi connectivity index (χ1n) is 8.59. The van der Waals surface area contributed by atoms with Gasteiger partial charge in [-0.2, -0.15) is 5.10 Å². The van der Waals surface area contributed by atoms with E-state index in [1.54, 1.807) is 6.92 Å². The van der Waals surface area contributed by atoms with Crippen LogP contribution in [0.2, 0.25) is 5.15 Å². The van der Waals surface area contributed by atoms with E-state index >= 15 is 0 Å². The summed E-state index contributed by atoms with van der Waals surface area (Å²) in [6, 6.07) is 0. The van der Waals surface area contributed by atoms with Crippen LogP contribution in [0, 0.1) is 18.8 Å². The number of hydrogen-bond acceptors (Lipinski definition) is 4. The van der Waals surface area contributed by atoms with Crippen molar-refractivity contribution in [3.8, 4) is 0 Å². The van der Waals surface area contributed by atoms with Crippen LogP contribution in [0.4, 0.5) is 0 Å². The van der Waals surface area contributed by atoms with Crippen molar-refractivity contribution in [2.24, 2.45) is 11.8 Å². The summed E-state index contributed by atoms with van der Waals surface area (Å²) in [7, 11) is 0. The van der Waals surface area contributed by atoms with E-state index in [-0.39, 0.29) is 12.5 Å². The molecule has 0 aromatic carbocycles. The molecule has 2 rings (SSSR count). The van der Waals surface area contributed by atoms with Crippen molar-refractivity contribution in [3.05, 3.63) is 16.4 Å². The predicted octanol–water partition coefficient (Wildman–Crippen LogP) is 3.32. The smallest absolute Gasteiger partial charge is 0.327 e. The van der Waals surface area contributed by atoms with E-state index in [0.29, 0.717) is 18.3 Å². The highest BCUT2D eigenvalue weighted by atomic mass is 35.5. The molecule has 0 aliphatic heterocycles. The van der Waals surface area contributed by atoms with Gasteiger partial charge in [-0.1, -0.05) is 31.4 Å². The molecule has 6 heteroatoms. The largest absolute Gasteiger partial charge is 0.465 e. The lowest BCUT2D eigenvalue weighted by atomic mass is 9.83. The van der Waals surface area contributed by atoms with Crippen molar-refractivity contribution < 1.29 is 9.53 Å². The van der Waals surface area contributed by atoms with Gasteiger partial charge in [-0.05, 0) is 45.1 Å². The normalized spacial score (nSPS) is 21.4. The highest BCUT2D eigenvalue weighted by molar-refractivity contribution is 6.30. The molecule has 1 N–H and O–H groups in total. The Hall–Kier alpha value is -1.07. The van der Waals surface area contributed by atoms with Gasteiger partial charge in [0.05, 0.1) is 12.3 Å². The summed E-state index contributed by atoms with van der Waals surface area (Å²) < 4.78 is 6.47. The van der Waals surface area contributed by atoms with Crippen LogP contribution in [0.1, 0.15) is 50.8 Å². The summed E-state index contributed by atoms with van der Waals surface area (Å²) in [4.78, 5) is 11.6. The van der Waals surface area contributed by atoms with Crippen LogP contribution in [-0.2, 0) is 22.6 Å². The molecule has 23 heavy (non-hydrogen) atoms. The van der Waals surface area contributed by atoms with Crippen molar-refractivity contribution in [2.45, 2.75) is 59.5 Å². The number of aryl methyl sites for hydroxylation is 1. The van der Waals surface area contributed by atoms with Gasteiger partial charge in [0.25, 0.3) is 0 Å². The van der Waals surface area contributed by atoms with Crippen LogP contribution < -0.4 is 5.32 Å². The van der Waals surface area contributed by atoms with E-state index in [1.165, 1.54) is 30.4 Å². The number of esters is 1. The van der Waals surface area contributed by atoms with E-state index in [1.807, 2.05) is 6.92 Å². The SMILES string of the molecule is CCOC(=O)Cn1nc(C)c(CNCC2CCC(C)CC2)c1Cl. The van der Waals surface area contributed by atoms with Gasteiger partial charge in [0.15, 0.2) is 0 Å². The fourth-order valence-corrected chi connectivity index (χ4v) is 3.46. The Morgan fingerprint density at radius 1 is 1.39 bits per heavy atom. The number of hydrogen-bond donors (Lipinski definition) is 1. The number of nitrogens with one attached hydrogen (secondary N) is 1. The van der Waals surface area contributed by atoms with Crippen molar-refractivity contribution >= 4 is 17.6 Å². The number of nitrogens with zero attached hydrogens (tertiary/aromatic N) is 2. The Morgan fingerprint density at radius 3 is 2.74 bits per heavy atom. The van der Waals surface area contributed by atoms with Gasteiger partial charge in [0.2, 0.25) is 0 Å². The Balaban J connectivity index is 1.85. The van der Waals surface area contributed by atoms with Gasteiger partial charge in [0.1, 0.15) is 11.7 Å². The molecular weight excluding hydrogens is 314 g/mol. The molecule has 0 radical (unpaired) electrons. The molecule has 1 aliphatic carbocycles. The first-order chi connectivity index (χ1) is 11.0. The lowest BCUT2D eigenvalue weighted by Crippen LogP contribution is -2.26. The van der Waals surface area contributed by atoms with Gasteiger partial charge in [-0.25, -0.2) is 4.68 Å². The number of ether oxygens (including phenoxy) is 1. The molecule has 5 nitrogen and oxygen atoms in total. The summed E-state index contributed by atoms with van der Waals surface area (Å²) in [6.45, 7) is 8.19. The van der Waals surface area contributed by atoms with Gasteiger partial charge in [-0.3, -0.25) is 4.79 Å². The molecule has 0 amide bonds. The quantitative estimate of drug-likeness (QED) is 0.773. The third-order valence-electron chi connectivity index (χ3n) is 4.64. The second-order valence-electron chi connectivity index (χ2n) is 6.57. The zero-order valence-electron chi connectivity index (χ0n) is 14.4. The topological polar surface area (TPSA) is 56.2 Å². The molecule has 1 aromatic heterocycles. The summed E-state index contributed by atoms with van der Waals surface area (Å²) in [6.07, 6.45) is 5.29. The maximum atomic E-state index is 11.6. The average molecular weight is 342 g/mol. The maximum Gasteiger partial charge on any atom is 0.327 e. The second-order valence-corrected chi connectivity index (χ2v) is 6.93. The van der Waals surface area contributed by atoms with Gasteiger partial charge < -0.3 is 10.1 Å². The molecule has 1 heterocycles. The Bertz CT molecular complexity index is 522. The fourth-order valence-electron chi connectivity index (χ4n) is 3.16. The third kappa shape index (κ3) is 5.21. The molecule has 130 valence electrons. The molecule has 1 aromatic rings. The number of aromatic nitrogens is 2. The second kappa shape index (κ2) is 8.69. The molecular formula is C17H28ClN3O2.